The van der Waals surface area contributed by atoms with Crippen LogP contribution in [0.1, 0.15) is 30.7 Å². The maximum absolute atomic E-state index is 12.4. The summed E-state index contributed by atoms with van der Waals surface area (Å²) in [7, 11) is 3.99. The predicted molar refractivity (Wildman–Crippen MR) is 98.8 cm³/mol. The number of hydrogen-bond donors (Lipinski definition) is 1. The van der Waals surface area contributed by atoms with Crippen molar-refractivity contribution in [1.82, 2.24) is 19.2 Å². The molecule has 1 aliphatic heterocycles. The van der Waals surface area contributed by atoms with E-state index in [4.69, 9.17) is 0 Å². The summed E-state index contributed by atoms with van der Waals surface area (Å²) in [5.74, 6) is 0. The predicted octanol–water partition coefficient (Wildman–Crippen LogP) is 1.28. The van der Waals surface area contributed by atoms with E-state index >= 15 is 0 Å². The lowest BCUT2D eigenvalue weighted by atomic mass is 9.94. The second kappa shape index (κ2) is 7.23. The molecule has 0 amide bonds. The molecule has 136 valence electrons. The largest absolute Gasteiger partial charge is 0.389 e. The monoisotopic (exact) mass is 344 g/mol. The second-order valence-corrected chi connectivity index (χ2v) is 7.54. The minimum absolute atomic E-state index is 0.0305. The summed E-state index contributed by atoms with van der Waals surface area (Å²) < 4.78 is 1.64. The average Bonchev–Trinajstić information content (AvgIpc) is 2.68. The molecule has 2 aromatic heterocycles. The summed E-state index contributed by atoms with van der Waals surface area (Å²) in [4.78, 5) is 21.4. The third-order valence-electron chi connectivity index (χ3n) is 4.94. The van der Waals surface area contributed by atoms with Crippen LogP contribution >= 0.6 is 0 Å². The van der Waals surface area contributed by atoms with Crippen LogP contribution in [0, 0.1) is 6.92 Å². The Morgan fingerprint density at radius 1 is 1.28 bits per heavy atom. The molecule has 2 aromatic rings. The van der Waals surface area contributed by atoms with Crippen molar-refractivity contribution in [2.24, 2.45) is 0 Å². The van der Waals surface area contributed by atoms with Crippen LogP contribution in [0.25, 0.3) is 5.65 Å². The van der Waals surface area contributed by atoms with Gasteiger partial charge < -0.3 is 10.0 Å². The smallest absolute Gasteiger partial charge is 0.258 e. The molecule has 0 spiro atoms. The molecule has 3 rings (SSSR count). The van der Waals surface area contributed by atoms with Gasteiger partial charge in [0.25, 0.3) is 5.56 Å². The Bertz CT molecular complexity index is 802. The number of nitrogens with zero attached hydrogens (tertiary/aromatic N) is 4. The molecule has 0 saturated carbocycles. The van der Waals surface area contributed by atoms with Crippen LogP contribution in [0.3, 0.4) is 0 Å². The zero-order chi connectivity index (χ0) is 18.0. The molecule has 1 saturated heterocycles. The number of pyridine rings is 1. The Hall–Kier alpha value is -1.76. The van der Waals surface area contributed by atoms with E-state index in [-0.39, 0.29) is 5.56 Å². The van der Waals surface area contributed by atoms with E-state index < -0.39 is 5.60 Å². The molecule has 1 fully saturated rings. The van der Waals surface area contributed by atoms with Gasteiger partial charge in [-0.05, 0) is 59.0 Å². The van der Waals surface area contributed by atoms with Crippen molar-refractivity contribution in [3.63, 3.8) is 0 Å². The van der Waals surface area contributed by atoms with Crippen LogP contribution < -0.4 is 5.56 Å². The first kappa shape index (κ1) is 18.0. The summed E-state index contributed by atoms with van der Waals surface area (Å²) in [6.07, 6.45) is 2.52. The molecule has 1 N–H and O–H groups in total. The van der Waals surface area contributed by atoms with E-state index in [1.165, 1.54) is 0 Å². The minimum atomic E-state index is -0.619. The van der Waals surface area contributed by atoms with Crippen molar-refractivity contribution in [2.45, 2.75) is 38.3 Å². The molecule has 0 aromatic carbocycles. The van der Waals surface area contributed by atoms with Crippen molar-refractivity contribution < 1.29 is 5.11 Å². The lowest BCUT2D eigenvalue weighted by molar-refractivity contribution is 0.00255. The van der Waals surface area contributed by atoms with Gasteiger partial charge in [-0.1, -0.05) is 6.07 Å². The van der Waals surface area contributed by atoms with Crippen LogP contribution in [-0.2, 0) is 6.54 Å². The van der Waals surface area contributed by atoms with Crippen LogP contribution in [0.4, 0.5) is 0 Å². The van der Waals surface area contributed by atoms with E-state index in [1.54, 1.807) is 10.5 Å². The van der Waals surface area contributed by atoms with E-state index in [0.29, 0.717) is 18.7 Å². The van der Waals surface area contributed by atoms with Crippen molar-refractivity contribution in [3.05, 3.63) is 46.0 Å². The van der Waals surface area contributed by atoms with Crippen LogP contribution in [0.5, 0.6) is 0 Å². The first-order valence-corrected chi connectivity index (χ1v) is 8.94. The van der Waals surface area contributed by atoms with Gasteiger partial charge in [0.15, 0.2) is 0 Å². The van der Waals surface area contributed by atoms with Gasteiger partial charge in [-0.3, -0.25) is 14.1 Å². The van der Waals surface area contributed by atoms with Crippen molar-refractivity contribution in [2.75, 3.05) is 33.7 Å². The zero-order valence-electron chi connectivity index (χ0n) is 15.4. The van der Waals surface area contributed by atoms with Crippen molar-refractivity contribution >= 4 is 5.65 Å². The summed E-state index contributed by atoms with van der Waals surface area (Å²) in [5, 5.41) is 10.8. The maximum Gasteiger partial charge on any atom is 0.258 e. The highest BCUT2D eigenvalue weighted by Gasteiger charge is 2.30. The number of aryl methyl sites for hydroxylation is 1. The van der Waals surface area contributed by atoms with Gasteiger partial charge >= 0.3 is 0 Å². The number of aliphatic hydroxyl groups is 1. The molecule has 1 atom stereocenters. The first-order chi connectivity index (χ1) is 11.9. The summed E-state index contributed by atoms with van der Waals surface area (Å²) in [5.41, 5.74) is 1.74. The Balaban J connectivity index is 1.75. The number of aromatic nitrogens is 2. The third-order valence-corrected chi connectivity index (χ3v) is 4.94. The molecule has 0 unspecified atom stereocenters. The minimum Gasteiger partial charge on any atom is -0.389 e. The SMILES string of the molecule is Cc1cccc2nc(CN3CCC[C@@](O)(CN(C)C)CC3)cc(=O)n12. The second-order valence-electron chi connectivity index (χ2n) is 7.54. The molecular weight excluding hydrogens is 316 g/mol. The lowest BCUT2D eigenvalue weighted by Gasteiger charge is -2.30. The number of hydrogen-bond acceptors (Lipinski definition) is 5. The molecule has 3 heterocycles. The van der Waals surface area contributed by atoms with Crippen LogP contribution in [-0.4, -0.2) is 63.6 Å². The van der Waals surface area contributed by atoms with E-state index in [2.05, 4.69) is 9.88 Å². The molecule has 0 radical (unpaired) electrons. The fourth-order valence-electron chi connectivity index (χ4n) is 3.81. The van der Waals surface area contributed by atoms with E-state index in [1.807, 2.05) is 44.1 Å². The van der Waals surface area contributed by atoms with Gasteiger partial charge in [-0.2, -0.15) is 0 Å². The first-order valence-electron chi connectivity index (χ1n) is 8.94. The quantitative estimate of drug-likeness (QED) is 0.905. The maximum atomic E-state index is 12.4. The highest BCUT2D eigenvalue weighted by molar-refractivity contribution is 5.40. The van der Waals surface area contributed by atoms with Gasteiger partial charge in [-0.25, -0.2) is 4.98 Å². The molecule has 0 bridgehead atoms. The highest BCUT2D eigenvalue weighted by Crippen LogP contribution is 2.23. The Morgan fingerprint density at radius 2 is 2.08 bits per heavy atom. The standard InChI is InChI=1S/C19H28N4O2/c1-15-6-4-7-17-20-16(12-18(24)23(15)17)13-22-10-5-8-19(25,9-11-22)14-21(2)3/h4,6-7,12,25H,5,8-11,13-14H2,1-3H3/t19-/m0/s1. The Kier molecular flexibility index (Phi) is 5.22. The number of fused-ring (bicyclic) bond motifs is 1. The Morgan fingerprint density at radius 3 is 2.84 bits per heavy atom. The van der Waals surface area contributed by atoms with Crippen molar-refractivity contribution in [3.8, 4) is 0 Å². The van der Waals surface area contributed by atoms with Gasteiger partial charge in [0.05, 0.1) is 11.3 Å². The number of likely N-dealkylation sites (N-methyl/N-ethyl adjacent to an activating group) is 1. The van der Waals surface area contributed by atoms with E-state index in [0.717, 1.165) is 43.7 Å². The summed E-state index contributed by atoms with van der Waals surface area (Å²) in [6, 6.07) is 7.34. The van der Waals surface area contributed by atoms with Gasteiger partial charge in [-0.15, -0.1) is 0 Å². The average molecular weight is 344 g/mol. The van der Waals surface area contributed by atoms with Crippen molar-refractivity contribution in [1.29, 1.82) is 0 Å². The molecule has 6 nitrogen and oxygen atoms in total. The fourth-order valence-corrected chi connectivity index (χ4v) is 3.81. The van der Waals surface area contributed by atoms with Gasteiger partial charge in [0.2, 0.25) is 0 Å². The molecule has 6 heteroatoms. The highest BCUT2D eigenvalue weighted by atomic mass is 16.3. The zero-order valence-corrected chi connectivity index (χ0v) is 15.4. The molecule has 25 heavy (non-hydrogen) atoms. The number of rotatable bonds is 4. The molecular formula is C19H28N4O2. The van der Waals surface area contributed by atoms with Crippen LogP contribution in [0.2, 0.25) is 0 Å². The fraction of sp³-hybridized carbons (Fsp3) is 0.579. The summed E-state index contributed by atoms with van der Waals surface area (Å²) in [6.45, 7) is 4.99. The Labute approximate surface area is 148 Å². The van der Waals surface area contributed by atoms with Gasteiger partial charge in [0, 0.05) is 31.4 Å². The summed E-state index contributed by atoms with van der Waals surface area (Å²) >= 11 is 0. The van der Waals surface area contributed by atoms with Gasteiger partial charge in [0.1, 0.15) is 5.65 Å². The molecule has 1 aliphatic rings. The topological polar surface area (TPSA) is 61.1 Å². The van der Waals surface area contributed by atoms with Crippen LogP contribution in [0.15, 0.2) is 29.1 Å². The normalized spacial score (nSPS) is 22.4. The molecule has 0 aliphatic carbocycles. The third kappa shape index (κ3) is 4.26. The lowest BCUT2D eigenvalue weighted by Crippen LogP contribution is -2.40. The van der Waals surface area contributed by atoms with E-state index in [9.17, 15) is 9.90 Å². The number of likely N-dealkylation sites (tertiary alicyclic amines) is 1.